The molecule has 1 aromatic carbocycles. The van der Waals surface area contributed by atoms with Gasteiger partial charge >= 0.3 is 6.09 Å². The van der Waals surface area contributed by atoms with E-state index < -0.39 is 12.1 Å². The highest BCUT2D eigenvalue weighted by molar-refractivity contribution is 5.87. The number of rotatable bonds is 6. The normalized spacial score (nSPS) is 12.4. The van der Waals surface area contributed by atoms with Crippen molar-refractivity contribution in [2.45, 2.75) is 46.8 Å². The third-order valence-corrected chi connectivity index (χ3v) is 3.30. The van der Waals surface area contributed by atoms with E-state index in [0.717, 1.165) is 5.56 Å². The molecule has 0 fully saturated rings. The summed E-state index contributed by atoms with van der Waals surface area (Å²) >= 11 is 0. The number of hydrogen-bond acceptors (Lipinski definition) is 4. The molecule has 1 unspecified atom stereocenters. The van der Waals surface area contributed by atoms with Crippen molar-refractivity contribution in [2.75, 3.05) is 7.11 Å². The summed E-state index contributed by atoms with van der Waals surface area (Å²) in [6.45, 7) is 7.64. The minimum absolute atomic E-state index is 0.00849. The second-order valence-electron chi connectivity index (χ2n) is 6.19. The van der Waals surface area contributed by atoms with Gasteiger partial charge in [-0.25, -0.2) is 4.79 Å². The first-order valence-electron chi connectivity index (χ1n) is 7.37. The molecule has 1 atom stereocenters. The second-order valence-corrected chi connectivity index (χ2v) is 6.19. The number of benzene rings is 1. The van der Waals surface area contributed by atoms with Crippen LogP contribution in [0.2, 0.25) is 0 Å². The number of hydrogen-bond donors (Lipinski definition) is 1. The fraction of sp³-hybridized carbons (Fsp3) is 0.529. The maximum atomic E-state index is 12.0. The summed E-state index contributed by atoms with van der Waals surface area (Å²) in [6, 6.07) is 6.72. The van der Waals surface area contributed by atoms with E-state index in [1.165, 1.54) is 0 Å². The number of ketones is 1. The zero-order valence-electron chi connectivity index (χ0n) is 13.9. The zero-order valence-corrected chi connectivity index (χ0v) is 13.9. The lowest BCUT2D eigenvalue weighted by Crippen LogP contribution is -2.49. The molecule has 0 bridgehead atoms. The Hall–Kier alpha value is -2.04. The zero-order chi connectivity index (χ0) is 16.8. The number of ether oxygens (including phenoxy) is 2. The SMILES string of the molecule is CCC(=O)C(NC(=O)OCc1cccc(OC)c1)C(C)(C)C. The van der Waals surface area contributed by atoms with E-state index in [4.69, 9.17) is 9.47 Å². The van der Waals surface area contributed by atoms with Crippen LogP contribution in [0.1, 0.15) is 39.7 Å². The van der Waals surface area contributed by atoms with Crippen LogP contribution in [-0.2, 0) is 16.1 Å². The van der Waals surface area contributed by atoms with Gasteiger partial charge < -0.3 is 14.8 Å². The first-order valence-corrected chi connectivity index (χ1v) is 7.37. The molecule has 0 aliphatic heterocycles. The van der Waals surface area contributed by atoms with Crippen molar-refractivity contribution < 1.29 is 19.1 Å². The average Bonchev–Trinajstić information content (AvgIpc) is 2.49. The Balaban J connectivity index is 2.62. The van der Waals surface area contributed by atoms with Gasteiger partial charge in [-0.05, 0) is 23.1 Å². The molecule has 0 saturated heterocycles. The Kier molecular flexibility index (Phi) is 6.40. The number of nitrogens with one attached hydrogen (secondary N) is 1. The van der Waals surface area contributed by atoms with E-state index >= 15 is 0 Å². The highest BCUT2D eigenvalue weighted by Gasteiger charge is 2.31. The van der Waals surface area contributed by atoms with E-state index in [1.54, 1.807) is 20.1 Å². The summed E-state index contributed by atoms with van der Waals surface area (Å²) < 4.78 is 10.3. The number of alkyl carbamates (subject to hydrolysis) is 1. The fourth-order valence-corrected chi connectivity index (χ4v) is 2.05. The summed E-state index contributed by atoms with van der Waals surface area (Å²) in [5.41, 5.74) is 0.464. The maximum absolute atomic E-state index is 12.0. The summed E-state index contributed by atoms with van der Waals surface area (Å²) in [6.07, 6.45) is -0.220. The van der Waals surface area contributed by atoms with Crippen LogP contribution in [0.4, 0.5) is 4.79 Å². The van der Waals surface area contributed by atoms with Crippen molar-refractivity contribution >= 4 is 11.9 Å². The Labute approximate surface area is 132 Å². The molecule has 0 heterocycles. The molecule has 0 saturated carbocycles. The lowest BCUT2D eigenvalue weighted by molar-refractivity contribution is -0.123. The predicted molar refractivity (Wildman–Crippen MR) is 84.9 cm³/mol. The molecular weight excluding hydrogens is 282 g/mol. The number of methoxy groups -OCH3 is 1. The Morgan fingerprint density at radius 3 is 2.50 bits per heavy atom. The van der Waals surface area contributed by atoms with Gasteiger partial charge in [0.2, 0.25) is 0 Å². The maximum Gasteiger partial charge on any atom is 0.408 e. The standard InChI is InChI=1S/C17H25NO4/c1-6-14(19)15(17(2,3)4)18-16(20)22-11-12-8-7-9-13(10-12)21-5/h7-10,15H,6,11H2,1-5H3,(H,18,20). The number of Topliss-reactive ketones (excluding diaryl/α,β-unsaturated/α-hetero) is 1. The Morgan fingerprint density at radius 1 is 1.27 bits per heavy atom. The minimum Gasteiger partial charge on any atom is -0.497 e. The lowest BCUT2D eigenvalue weighted by atomic mass is 9.83. The number of amides is 1. The highest BCUT2D eigenvalue weighted by atomic mass is 16.5. The van der Waals surface area contributed by atoms with Crippen LogP contribution in [0.5, 0.6) is 5.75 Å². The van der Waals surface area contributed by atoms with Crippen LogP contribution >= 0.6 is 0 Å². The van der Waals surface area contributed by atoms with Crippen LogP contribution < -0.4 is 10.1 Å². The molecular formula is C17H25NO4. The van der Waals surface area contributed by atoms with E-state index in [1.807, 2.05) is 39.0 Å². The van der Waals surface area contributed by atoms with Crippen LogP contribution in [-0.4, -0.2) is 25.0 Å². The molecule has 1 N–H and O–H groups in total. The highest BCUT2D eigenvalue weighted by Crippen LogP contribution is 2.21. The third-order valence-electron chi connectivity index (χ3n) is 3.30. The molecule has 0 aliphatic rings. The first kappa shape index (κ1) is 18.0. The molecule has 1 amide bonds. The Morgan fingerprint density at radius 2 is 1.95 bits per heavy atom. The molecule has 0 radical (unpaired) electrons. The molecule has 5 nitrogen and oxygen atoms in total. The van der Waals surface area contributed by atoms with Gasteiger partial charge in [0.15, 0.2) is 5.78 Å². The smallest absolute Gasteiger partial charge is 0.408 e. The molecule has 1 rings (SSSR count). The molecule has 22 heavy (non-hydrogen) atoms. The van der Waals surface area contributed by atoms with Crippen LogP contribution in [0, 0.1) is 5.41 Å². The first-order chi connectivity index (χ1) is 10.3. The summed E-state index contributed by atoms with van der Waals surface area (Å²) in [5.74, 6) is 0.695. The molecule has 122 valence electrons. The van der Waals surface area contributed by atoms with Crippen molar-refractivity contribution in [1.29, 1.82) is 0 Å². The van der Waals surface area contributed by atoms with Crippen molar-refractivity contribution in [3.63, 3.8) is 0 Å². The van der Waals surface area contributed by atoms with Crippen LogP contribution in [0.3, 0.4) is 0 Å². The fourth-order valence-electron chi connectivity index (χ4n) is 2.05. The summed E-state index contributed by atoms with van der Waals surface area (Å²) in [4.78, 5) is 23.9. The molecule has 1 aromatic rings. The molecule has 0 aromatic heterocycles. The van der Waals surface area contributed by atoms with Gasteiger partial charge in [0, 0.05) is 6.42 Å². The van der Waals surface area contributed by atoms with Crippen LogP contribution in [0.25, 0.3) is 0 Å². The van der Waals surface area contributed by atoms with Gasteiger partial charge in [0.25, 0.3) is 0 Å². The molecule has 5 heteroatoms. The van der Waals surface area contributed by atoms with Crippen molar-refractivity contribution in [1.82, 2.24) is 5.32 Å². The van der Waals surface area contributed by atoms with Crippen molar-refractivity contribution in [3.8, 4) is 5.75 Å². The van der Waals surface area contributed by atoms with E-state index in [-0.39, 0.29) is 17.8 Å². The average molecular weight is 307 g/mol. The summed E-state index contributed by atoms with van der Waals surface area (Å²) in [5, 5.41) is 2.66. The van der Waals surface area contributed by atoms with Crippen LogP contribution in [0.15, 0.2) is 24.3 Å². The largest absolute Gasteiger partial charge is 0.497 e. The predicted octanol–water partition coefficient (Wildman–Crippen LogP) is 3.32. The van der Waals surface area contributed by atoms with Gasteiger partial charge in [0.05, 0.1) is 13.2 Å². The van der Waals surface area contributed by atoms with E-state index in [2.05, 4.69) is 5.32 Å². The number of carbonyl (C=O) groups excluding carboxylic acids is 2. The van der Waals surface area contributed by atoms with Gasteiger partial charge in [0.1, 0.15) is 12.4 Å². The molecule has 0 aliphatic carbocycles. The topological polar surface area (TPSA) is 64.6 Å². The van der Waals surface area contributed by atoms with E-state index in [9.17, 15) is 9.59 Å². The third kappa shape index (κ3) is 5.39. The lowest BCUT2D eigenvalue weighted by Gasteiger charge is -2.29. The Bertz CT molecular complexity index is 520. The van der Waals surface area contributed by atoms with Gasteiger partial charge in [-0.3, -0.25) is 4.79 Å². The van der Waals surface area contributed by atoms with Gasteiger partial charge in [-0.15, -0.1) is 0 Å². The quantitative estimate of drug-likeness (QED) is 0.875. The van der Waals surface area contributed by atoms with Crippen molar-refractivity contribution in [3.05, 3.63) is 29.8 Å². The second kappa shape index (κ2) is 7.82. The number of carbonyl (C=O) groups is 2. The van der Waals surface area contributed by atoms with E-state index in [0.29, 0.717) is 12.2 Å². The molecule has 0 spiro atoms. The van der Waals surface area contributed by atoms with Gasteiger partial charge in [-0.1, -0.05) is 39.8 Å². The van der Waals surface area contributed by atoms with Crippen molar-refractivity contribution in [2.24, 2.45) is 5.41 Å². The minimum atomic E-state index is -0.593. The monoisotopic (exact) mass is 307 g/mol. The van der Waals surface area contributed by atoms with Gasteiger partial charge in [-0.2, -0.15) is 0 Å². The summed E-state index contributed by atoms with van der Waals surface area (Å²) in [7, 11) is 1.58.